The Morgan fingerprint density at radius 1 is 1.24 bits per heavy atom. The number of aromatic nitrogens is 4. The molecule has 4 rings (SSSR count). The summed E-state index contributed by atoms with van der Waals surface area (Å²) in [6.07, 6.45) is 3.04. The fraction of sp³-hybridized carbons (Fsp3) is 0.294. The van der Waals surface area contributed by atoms with Crippen molar-refractivity contribution in [2.24, 2.45) is 0 Å². The van der Waals surface area contributed by atoms with Crippen molar-refractivity contribution in [3.63, 3.8) is 0 Å². The van der Waals surface area contributed by atoms with Crippen molar-refractivity contribution in [1.82, 2.24) is 25.3 Å². The van der Waals surface area contributed by atoms with Gasteiger partial charge in [0.25, 0.3) is 0 Å². The lowest BCUT2D eigenvalue weighted by Gasteiger charge is -2.35. The third kappa shape index (κ3) is 3.16. The van der Waals surface area contributed by atoms with E-state index >= 15 is 0 Å². The number of piperazine rings is 1. The Labute approximate surface area is 144 Å². The SMILES string of the molecule is O=C(OCc1ccccc1)C1CNCCN1c1ncnc2nc[nH]c12. The van der Waals surface area contributed by atoms with E-state index in [1.807, 2.05) is 35.2 Å². The minimum absolute atomic E-state index is 0.257. The van der Waals surface area contributed by atoms with Crippen molar-refractivity contribution >= 4 is 23.0 Å². The molecule has 128 valence electrons. The molecule has 25 heavy (non-hydrogen) atoms. The van der Waals surface area contributed by atoms with Crippen LogP contribution in [0.4, 0.5) is 5.82 Å². The van der Waals surface area contributed by atoms with Crippen LogP contribution in [0.15, 0.2) is 43.0 Å². The normalized spacial score (nSPS) is 17.6. The van der Waals surface area contributed by atoms with Crippen LogP contribution in [0.1, 0.15) is 5.56 Å². The molecule has 2 aromatic heterocycles. The number of fused-ring (bicyclic) bond motifs is 1. The van der Waals surface area contributed by atoms with Gasteiger partial charge in [0.2, 0.25) is 0 Å². The van der Waals surface area contributed by atoms with Crippen molar-refractivity contribution < 1.29 is 9.53 Å². The Morgan fingerprint density at radius 2 is 2.12 bits per heavy atom. The van der Waals surface area contributed by atoms with Gasteiger partial charge in [-0.25, -0.2) is 19.7 Å². The number of benzene rings is 1. The number of anilines is 1. The molecule has 1 aromatic carbocycles. The number of carbonyl (C=O) groups excluding carboxylic acids is 1. The maximum Gasteiger partial charge on any atom is 0.330 e. The van der Waals surface area contributed by atoms with Crippen LogP contribution in [0.25, 0.3) is 11.2 Å². The molecule has 8 nitrogen and oxygen atoms in total. The van der Waals surface area contributed by atoms with Gasteiger partial charge in [-0.1, -0.05) is 30.3 Å². The lowest BCUT2D eigenvalue weighted by atomic mass is 10.2. The number of carbonyl (C=O) groups is 1. The molecule has 1 unspecified atom stereocenters. The lowest BCUT2D eigenvalue weighted by molar-refractivity contribution is -0.146. The number of hydrogen-bond acceptors (Lipinski definition) is 7. The Balaban J connectivity index is 1.54. The van der Waals surface area contributed by atoms with Crippen molar-refractivity contribution in [2.45, 2.75) is 12.6 Å². The maximum absolute atomic E-state index is 12.7. The van der Waals surface area contributed by atoms with Gasteiger partial charge in [0, 0.05) is 19.6 Å². The predicted octanol–water partition coefficient (Wildman–Crippen LogP) is 0.874. The molecule has 2 N–H and O–H groups in total. The van der Waals surface area contributed by atoms with E-state index in [9.17, 15) is 4.79 Å². The van der Waals surface area contributed by atoms with Gasteiger partial charge in [-0.15, -0.1) is 0 Å². The van der Waals surface area contributed by atoms with Gasteiger partial charge in [0.05, 0.1) is 6.33 Å². The second-order valence-corrected chi connectivity index (χ2v) is 5.81. The van der Waals surface area contributed by atoms with Gasteiger partial charge in [0.15, 0.2) is 11.5 Å². The molecule has 3 aromatic rings. The van der Waals surface area contributed by atoms with E-state index in [4.69, 9.17) is 4.74 Å². The molecule has 1 fully saturated rings. The van der Waals surface area contributed by atoms with E-state index in [1.54, 1.807) is 6.33 Å². The van der Waals surface area contributed by atoms with Crippen LogP contribution in [-0.2, 0) is 16.1 Å². The number of hydrogen-bond donors (Lipinski definition) is 2. The van der Waals surface area contributed by atoms with E-state index in [0.29, 0.717) is 24.6 Å². The van der Waals surface area contributed by atoms with Crippen LogP contribution < -0.4 is 10.2 Å². The quantitative estimate of drug-likeness (QED) is 0.682. The topological polar surface area (TPSA) is 96.0 Å². The van der Waals surface area contributed by atoms with Gasteiger partial charge in [-0.05, 0) is 5.56 Å². The number of H-pyrrole nitrogens is 1. The van der Waals surface area contributed by atoms with Crippen molar-refractivity contribution in [3.05, 3.63) is 48.5 Å². The molecule has 0 saturated carbocycles. The van der Waals surface area contributed by atoms with Crippen molar-refractivity contribution in [2.75, 3.05) is 24.5 Å². The standard InChI is InChI=1S/C17H18N6O2/c24-17(25-9-12-4-2-1-3-5-12)13-8-18-6-7-23(13)16-14-15(20-10-19-14)21-11-22-16/h1-5,10-11,13,18H,6-9H2,(H,19,20,21,22). The smallest absolute Gasteiger partial charge is 0.330 e. The van der Waals surface area contributed by atoms with Gasteiger partial charge in [-0.3, -0.25) is 0 Å². The van der Waals surface area contributed by atoms with Gasteiger partial charge < -0.3 is 19.9 Å². The molecular weight excluding hydrogens is 320 g/mol. The number of nitrogens with one attached hydrogen (secondary N) is 2. The highest BCUT2D eigenvalue weighted by molar-refractivity contribution is 5.87. The first-order chi connectivity index (χ1) is 12.3. The van der Waals surface area contributed by atoms with Gasteiger partial charge in [-0.2, -0.15) is 0 Å². The highest BCUT2D eigenvalue weighted by Crippen LogP contribution is 2.23. The summed E-state index contributed by atoms with van der Waals surface area (Å²) in [5.41, 5.74) is 2.27. The Kier molecular flexibility index (Phi) is 4.26. The van der Waals surface area contributed by atoms with Gasteiger partial charge >= 0.3 is 5.97 Å². The first-order valence-electron chi connectivity index (χ1n) is 8.15. The number of aromatic amines is 1. The van der Waals surface area contributed by atoms with E-state index in [-0.39, 0.29) is 12.6 Å². The molecule has 0 radical (unpaired) electrons. The third-order valence-electron chi connectivity index (χ3n) is 4.21. The van der Waals surface area contributed by atoms with Crippen LogP contribution in [-0.4, -0.2) is 51.6 Å². The largest absolute Gasteiger partial charge is 0.459 e. The second kappa shape index (κ2) is 6.86. The summed E-state index contributed by atoms with van der Waals surface area (Å²) < 4.78 is 5.52. The van der Waals surface area contributed by atoms with E-state index in [0.717, 1.165) is 17.6 Å². The second-order valence-electron chi connectivity index (χ2n) is 5.81. The Morgan fingerprint density at radius 3 is 3.00 bits per heavy atom. The minimum Gasteiger partial charge on any atom is -0.459 e. The zero-order chi connectivity index (χ0) is 17.1. The first-order valence-corrected chi connectivity index (χ1v) is 8.15. The fourth-order valence-corrected chi connectivity index (χ4v) is 2.96. The molecule has 1 aliphatic rings. The van der Waals surface area contributed by atoms with Crippen molar-refractivity contribution in [1.29, 1.82) is 0 Å². The zero-order valence-corrected chi connectivity index (χ0v) is 13.6. The van der Waals surface area contributed by atoms with E-state index in [2.05, 4.69) is 25.3 Å². The maximum atomic E-state index is 12.7. The summed E-state index contributed by atoms with van der Waals surface area (Å²) in [5, 5.41) is 3.24. The van der Waals surface area contributed by atoms with Crippen LogP contribution in [0, 0.1) is 0 Å². The summed E-state index contributed by atoms with van der Waals surface area (Å²) in [6.45, 7) is 2.18. The van der Waals surface area contributed by atoms with Gasteiger partial charge in [0.1, 0.15) is 24.5 Å². The Bertz CT molecular complexity index is 866. The predicted molar refractivity (Wildman–Crippen MR) is 91.9 cm³/mol. The molecule has 0 bridgehead atoms. The monoisotopic (exact) mass is 338 g/mol. The molecule has 8 heteroatoms. The zero-order valence-electron chi connectivity index (χ0n) is 13.6. The summed E-state index contributed by atoms with van der Waals surface area (Å²) in [6, 6.07) is 9.20. The molecule has 0 amide bonds. The van der Waals surface area contributed by atoms with E-state index < -0.39 is 6.04 Å². The number of ether oxygens (including phenoxy) is 1. The Hall–Kier alpha value is -3.00. The highest BCUT2D eigenvalue weighted by atomic mass is 16.5. The van der Waals surface area contributed by atoms with Crippen LogP contribution in [0.2, 0.25) is 0 Å². The number of esters is 1. The molecule has 0 spiro atoms. The van der Waals surface area contributed by atoms with Crippen LogP contribution in [0.5, 0.6) is 0 Å². The van der Waals surface area contributed by atoms with Crippen LogP contribution >= 0.6 is 0 Å². The van der Waals surface area contributed by atoms with E-state index in [1.165, 1.54) is 6.33 Å². The molecule has 1 atom stereocenters. The van der Waals surface area contributed by atoms with Crippen molar-refractivity contribution in [3.8, 4) is 0 Å². The molecule has 1 saturated heterocycles. The summed E-state index contributed by atoms with van der Waals surface area (Å²) in [5.74, 6) is 0.396. The molecule has 3 heterocycles. The third-order valence-corrected chi connectivity index (χ3v) is 4.21. The number of rotatable bonds is 4. The fourth-order valence-electron chi connectivity index (χ4n) is 2.96. The lowest BCUT2D eigenvalue weighted by Crippen LogP contribution is -2.56. The summed E-state index contributed by atoms with van der Waals surface area (Å²) >= 11 is 0. The average Bonchev–Trinajstić information content (AvgIpc) is 3.16. The minimum atomic E-state index is -0.445. The number of imidazole rings is 1. The first kappa shape index (κ1) is 15.5. The average molecular weight is 338 g/mol. The van der Waals surface area contributed by atoms with Crippen LogP contribution in [0.3, 0.4) is 0 Å². The molecule has 0 aliphatic carbocycles. The summed E-state index contributed by atoms with van der Waals surface area (Å²) in [4.78, 5) is 30.3. The summed E-state index contributed by atoms with van der Waals surface area (Å²) in [7, 11) is 0. The highest BCUT2D eigenvalue weighted by Gasteiger charge is 2.32. The molecule has 1 aliphatic heterocycles. The molecular formula is C17H18N6O2. The number of nitrogens with zero attached hydrogens (tertiary/aromatic N) is 4.